The van der Waals surface area contributed by atoms with Crippen molar-refractivity contribution in [2.24, 2.45) is 0 Å². The molecule has 2 aromatic rings. The average Bonchev–Trinajstić information content (AvgIpc) is 3.11. The van der Waals surface area contributed by atoms with Crippen molar-refractivity contribution in [2.75, 3.05) is 28.2 Å². The van der Waals surface area contributed by atoms with Gasteiger partial charge in [-0.1, -0.05) is 13.2 Å². The molecule has 2 aliphatic heterocycles. The van der Waals surface area contributed by atoms with Crippen molar-refractivity contribution in [2.45, 2.75) is 38.5 Å². The molecule has 0 saturated carbocycles. The van der Waals surface area contributed by atoms with Gasteiger partial charge in [0.2, 0.25) is 0 Å². The molecule has 2 bridgehead atoms. The van der Waals surface area contributed by atoms with Gasteiger partial charge in [0.25, 0.3) is 0 Å². The lowest BCUT2D eigenvalue weighted by atomic mass is 10.1. The third-order valence-electron chi connectivity index (χ3n) is 5.62. The molecule has 1 unspecified atom stereocenters. The third kappa shape index (κ3) is 4.17. The second-order valence-corrected chi connectivity index (χ2v) is 7.97. The highest BCUT2D eigenvalue weighted by Crippen LogP contribution is 2.41. The van der Waals surface area contributed by atoms with Gasteiger partial charge >= 0.3 is 6.18 Å². The number of pyridine rings is 2. The Balaban J connectivity index is 1.63. The molecule has 2 aliphatic rings. The van der Waals surface area contributed by atoms with Gasteiger partial charge in [0.1, 0.15) is 17.7 Å². The van der Waals surface area contributed by atoms with Gasteiger partial charge in [-0.15, -0.1) is 0 Å². The van der Waals surface area contributed by atoms with Crippen LogP contribution in [-0.2, 0) is 0 Å². The predicted molar refractivity (Wildman–Crippen MR) is 117 cm³/mol. The summed E-state index contributed by atoms with van der Waals surface area (Å²) in [6, 6.07) is 5.86. The maximum absolute atomic E-state index is 12.9. The molecule has 6 nitrogen and oxygen atoms in total. The van der Waals surface area contributed by atoms with Crippen molar-refractivity contribution in [3.63, 3.8) is 0 Å². The van der Waals surface area contributed by atoms with Crippen molar-refractivity contribution in [1.82, 2.24) is 15.3 Å². The number of nitrogens with one attached hydrogen (secondary N) is 2. The van der Waals surface area contributed by atoms with Crippen LogP contribution in [0.4, 0.5) is 30.5 Å². The topological polar surface area (TPSA) is 56.3 Å². The fourth-order valence-electron chi connectivity index (χ4n) is 3.96. The molecule has 31 heavy (non-hydrogen) atoms. The molecule has 0 aromatic carbocycles. The van der Waals surface area contributed by atoms with Crippen molar-refractivity contribution < 1.29 is 13.2 Å². The molecular weight excluding hydrogens is 405 g/mol. The lowest BCUT2D eigenvalue weighted by Crippen LogP contribution is -2.44. The van der Waals surface area contributed by atoms with Crippen LogP contribution in [0.5, 0.6) is 0 Å². The second-order valence-electron chi connectivity index (χ2n) is 7.97. The Morgan fingerprint density at radius 2 is 2.03 bits per heavy atom. The largest absolute Gasteiger partial charge is 0.408 e. The summed E-state index contributed by atoms with van der Waals surface area (Å²) in [5, 5.41) is 5.66. The Hall–Kier alpha value is -3.23. The van der Waals surface area contributed by atoms with Crippen LogP contribution in [0.2, 0.25) is 0 Å². The first kappa shape index (κ1) is 21.0. The van der Waals surface area contributed by atoms with Crippen molar-refractivity contribution in [3.8, 4) is 0 Å². The maximum Gasteiger partial charge on any atom is 0.408 e. The Morgan fingerprint density at radius 1 is 1.26 bits per heavy atom. The molecule has 0 aliphatic carbocycles. The number of halogens is 3. The Bertz CT molecular complexity index is 1020. The zero-order valence-corrected chi connectivity index (χ0v) is 17.5. The molecule has 1 fully saturated rings. The SMILES string of the molecule is C=C(NC(C)C(F)(F)F)c1ccc2c(n1)N(C(=C)Nc1cc(C)ccn1)[C@H]1CCN2C1. The van der Waals surface area contributed by atoms with E-state index < -0.39 is 12.2 Å². The van der Waals surface area contributed by atoms with Crippen molar-refractivity contribution in [3.05, 3.63) is 60.7 Å². The first-order valence-corrected chi connectivity index (χ1v) is 10.1. The zero-order valence-electron chi connectivity index (χ0n) is 17.5. The number of fused-ring (bicyclic) bond motifs is 4. The van der Waals surface area contributed by atoms with E-state index in [-0.39, 0.29) is 11.7 Å². The smallest absolute Gasteiger partial charge is 0.373 e. The van der Waals surface area contributed by atoms with Gasteiger partial charge in [0.15, 0.2) is 5.82 Å². The van der Waals surface area contributed by atoms with Crippen LogP contribution < -0.4 is 20.4 Å². The summed E-state index contributed by atoms with van der Waals surface area (Å²) in [6.07, 6.45) is -1.72. The molecule has 2 aromatic heterocycles. The van der Waals surface area contributed by atoms with Gasteiger partial charge in [-0.25, -0.2) is 9.97 Å². The maximum atomic E-state index is 12.9. The van der Waals surface area contributed by atoms with E-state index in [0.717, 1.165) is 37.7 Å². The first-order valence-electron chi connectivity index (χ1n) is 10.1. The van der Waals surface area contributed by atoms with E-state index in [1.165, 1.54) is 0 Å². The Morgan fingerprint density at radius 3 is 2.74 bits per heavy atom. The van der Waals surface area contributed by atoms with Crippen LogP contribution in [0.25, 0.3) is 5.70 Å². The highest BCUT2D eigenvalue weighted by molar-refractivity contribution is 5.77. The fraction of sp³-hybridized carbons (Fsp3) is 0.364. The molecule has 164 valence electrons. The van der Waals surface area contributed by atoms with E-state index in [0.29, 0.717) is 23.2 Å². The molecule has 4 heterocycles. The number of aryl methyl sites for hydroxylation is 1. The van der Waals surface area contributed by atoms with E-state index in [1.54, 1.807) is 12.3 Å². The van der Waals surface area contributed by atoms with Gasteiger partial charge in [-0.05, 0) is 50.1 Å². The van der Waals surface area contributed by atoms with Gasteiger partial charge in [0.05, 0.1) is 23.1 Å². The molecule has 1 saturated heterocycles. The predicted octanol–water partition coefficient (Wildman–Crippen LogP) is 4.28. The van der Waals surface area contributed by atoms with Crippen LogP contribution in [-0.4, -0.2) is 41.3 Å². The summed E-state index contributed by atoms with van der Waals surface area (Å²) < 4.78 is 38.8. The number of alkyl halides is 3. The fourth-order valence-corrected chi connectivity index (χ4v) is 3.96. The first-order chi connectivity index (χ1) is 14.6. The van der Waals surface area contributed by atoms with Crippen molar-refractivity contribution >= 4 is 23.0 Å². The quantitative estimate of drug-likeness (QED) is 0.714. The molecule has 0 radical (unpaired) electrons. The summed E-state index contributed by atoms with van der Waals surface area (Å²) in [5.41, 5.74) is 2.48. The lowest BCUT2D eigenvalue weighted by molar-refractivity contribution is -0.148. The zero-order chi connectivity index (χ0) is 22.3. The van der Waals surface area contributed by atoms with Crippen LogP contribution in [0.1, 0.15) is 24.6 Å². The number of aromatic nitrogens is 2. The molecule has 4 rings (SSSR count). The normalized spacial score (nSPS) is 18.4. The highest BCUT2D eigenvalue weighted by Gasteiger charge is 2.39. The molecule has 2 atom stereocenters. The van der Waals surface area contributed by atoms with Gasteiger partial charge in [0, 0.05) is 19.3 Å². The van der Waals surface area contributed by atoms with Gasteiger partial charge < -0.3 is 20.4 Å². The second kappa shape index (κ2) is 7.79. The van der Waals surface area contributed by atoms with E-state index in [4.69, 9.17) is 0 Å². The molecule has 0 spiro atoms. The van der Waals surface area contributed by atoms with Crippen LogP contribution >= 0.6 is 0 Å². The number of hydrogen-bond acceptors (Lipinski definition) is 6. The van der Waals surface area contributed by atoms with E-state index in [1.807, 2.05) is 30.0 Å². The minimum absolute atomic E-state index is 0.124. The summed E-state index contributed by atoms with van der Waals surface area (Å²) >= 11 is 0. The Labute approximate surface area is 179 Å². The van der Waals surface area contributed by atoms with Crippen LogP contribution in [0.3, 0.4) is 0 Å². The summed E-state index contributed by atoms with van der Waals surface area (Å²) in [7, 11) is 0. The summed E-state index contributed by atoms with van der Waals surface area (Å²) in [5.74, 6) is 1.95. The van der Waals surface area contributed by atoms with Crippen LogP contribution in [0.15, 0.2) is 49.4 Å². The number of hydrogen-bond donors (Lipinski definition) is 2. The van der Waals surface area contributed by atoms with Crippen LogP contribution in [0, 0.1) is 6.92 Å². The molecule has 0 amide bonds. The van der Waals surface area contributed by atoms with E-state index >= 15 is 0 Å². The van der Waals surface area contributed by atoms with Gasteiger partial charge in [-0.2, -0.15) is 13.2 Å². The summed E-state index contributed by atoms with van der Waals surface area (Å²) in [4.78, 5) is 13.3. The minimum atomic E-state index is -4.37. The van der Waals surface area contributed by atoms with E-state index in [9.17, 15) is 13.2 Å². The molecule has 2 N–H and O–H groups in total. The number of anilines is 3. The molecule has 9 heteroatoms. The Kier molecular flexibility index (Phi) is 5.28. The minimum Gasteiger partial charge on any atom is -0.373 e. The van der Waals surface area contributed by atoms with E-state index in [2.05, 4.69) is 38.7 Å². The molecular formula is C22H25F3N6. The summed E-state index contributed by atoms with van der Waals surface area (Å²) in [6.45, 7) is 12.7. The number of nitrogens with zero attached hydrogens (tertiary/aromatic N) is 4. The monoisotopic (exact) mass is 430 g/mol. The lowest BCUT2D eigenvalue weighted by Gasteiger charge is -2.38. The standard InChI is InChI=1S/C22H25F3N6/c1-13-7-9-26-20(11-13)28-16(4)31-17-8-10-30(12-17)19-6-5-18(29-21(19)31)14(2)27-15(3)22(23,24)25/h5-7,9,11,15,17,27H,2,4,8,10,12H2,1,3H3,(H,26,28)/t15?,17-/m0/s1. The third-order valence-corrected chi connectivity index (χ3v) is 5.62. The number of rotatable bonds is 6. The van der Waals surface area contributed by atoms with Crippen molar-refractivity contribution in [1.29, 1.82) is 0 Å². The van der Waals surface area contributed by atoms with Gasteiger partial charge in [-0.3, -0.25) is 0 Å². The highest BCUT2D eigenvalue weighted by atomic mass is 19.4. The average molecular weight is 430 g/mol.